The van der Waals surface area contributed by atoms with E-state index in [1.807, 2.05) is 11.9 Å². The Morgan fingerprint density at radius 3 is 2.92 bits per heavy atom. The van der Waals surface area contributed by atoms with Crippen molar-refractivity contribution in [2.24, 2.45) is 0 Å². The molecular weight excluding hydrogens is 234 g/mol. The van der Waals surface area contributed by atoms with Gasteiger partial charge in [0.25, 0.3) is 0 Å². The van der Waals surface area contributed by atoms with Crippen molar-refractivity contribution in [3.63, 3.8) is 0 Å². The lowest BCUT2D eigenvalue weighted by Gasteiger charge is -2.18. The van der Waals surface area contributed by atoms with Crippen molar-refractivity contribution in [3.05, 3.63) is 16.7 Å². The fourth-order valence-electron chi connectivity index (χ4n) is 1.02. The van der Waals surface area contributed by atoms with Crippen molar-refractivity contribution in [3.8, 4) is 0 Å². The maximum absolute atomic E-state index is 8.72. The molecule has 0 bridgehead atoms. The summed E-state index contributed by atoms with van der Waals surface area (Å²) in [6.45, 7) is 0.618. The highest BCUT2D eigenvalue weighted by Gasteiger charge is 2.05. The molecule has 0 radical (unpaired) electrons. The molecule has 0 amide bonds. The van der Waals surface area contributed by atoms with Crippen LogP contribution in [0.3, 0.4) is 0 Å². The smallest absolute Gasteiger partial charge is 0.151 e. The third-order valence-electron chi connectivity index (χ3n) is 1.66. The Balaban J connectivity index is 2.88. The molecule has 3 N–H and O–H groups in total. The molecule has 72 valence electrons. The number of likely N-dealkylation sites (N-methyl/N-ethyl adjacent to an activating group) is 1. The molecular formula is C8H12BrN3O. The summed E-state index contributed by atoms with van der Waals surface area (Å²) in [5.74, 6) is 0.692. The van der Waals surface area contributed by atoms with Crippen LogP contribution in [0.5, 0.6) is 0 Å². The van der Waals surface area contributed by atoms with Crippen molar-refractivity contribution < 1.29 is 5.11 Å². The standard InChI is InChI=1S/C8H12BrN3O/c1-12(2-3-13)8-7(10)4-6(9)5-11-8/h4-5,13H,2-3,10H2,1H3. The molecule has 0 aliphatic rings. The second-order valence-corrected chi connectivity index (χ2v) is 3.63. The van der Waals surface area contributed by atoms with E-state index in [2.05, 4.69) is 20.9 Å². The van der Waals surface area contributed by atoms with Crippen LogP contribution in [0.2, 0.25) is 0 Å². The minimum absolute atomic E-state index is 0.0910. The topological polar surface area (TPSA) is 62.4 Å². The predicted octanol–water partition coefficient (Wildman–Crippen LogP) is 0.855. The van der Waals surface area contributed by atoms with Gasteiger partial charge in [0, 0.05) is 24.3 Å². The van der Waals surface area contributed by atoms with Crippen molar-refractivity contribution in [2.45, 2.75) is 0 Å². The van der Waals surface area contributed by atoms with E-state index in [0.717, 1.165) is 4.47 Å². The van der Waals surface area contributed by atoms with Gasteiger partial charge in [0.1, 0.15) is 0 Å². The van der Waals surface area contributed by atoms with Crippen LogP contribution in [0, 0.1) is 0 Å². The lowest BCUT2D eigenvalue weighted by Crippen LogP contribution is -2.23. The Morgan fingerprint density at radius 1 is 1.69 bits per heavy atom. The Bertz CT molecular complexity index is 293. The van der Waals surface area contributed by atoms with Crippen LogP contribution in [0.4, 0.5) is 11.5 Å². The van der Waals surface area contributed by atoms with E-state index in [1.54, 1.807) is 12.3 Å². The van der Waals surface area contributed by atoms with Crippen LogP contribution in [0.15, 0.2) is 16.7 Å². The van der Waals surface area contributed by atoms with Crippen molar-refractivity contribution in [1.29, 1.82) is 0 Å². The molecule has 1 aromatic heterocycles. The van der Waals surface area contributed by atoms with Crippen molar-refractivity contribution >= 4 is 27.4 Å². The van der Waals surface area contributed by atoms with Crippen LogP contribution in [0.1, 0.15) is 0 Å². The number of nitrogens with zero attached hydrogens (tertiary/aromatic N) is 2. The van der Waals surface area contributed by atoms with Crippen molar-refractivity contribution in [2.75, 3.05) is 30.8 Å². The minimum atomic E-state index is 0.0910. The van der Waals surface area contributed by atoms with Crippen LogP contribution in [-0.4, -0.2) is 30.3 Å². The monoisotopic (exact) mass is 245 g/mol. The van der Waals surface area contributed by atoms with Gasteiger partial charge < -0.3 is 15.7 Å². The number of nitrogens with two attached hydrogens (primary N) is 1. The van der Waals surface area contributed by atoms with Crippen LogP contribution in [0.25, 0.3) is 0 Å². The van der Waals surface area contributed by atoms with Gasteiger partial charge >= 0.3 is 0 Å². The lowest BCUT2D eigenvalue weighted by molar-refractivity contribution is 0.304. The molecule has 0 fully saturated rings. The number of rotatable bonds is 3. The Morgan fingerprint density at radius 2 is 2.38 bits per heavy atom. The molecule has 13 heavy (non-hydrogen) atoms. The van der Waals surface area contributed by atoms with Gasteiger partial charge in [-0.1, -0.05) is 0 Å². The van der Waals surface area contributed by atoms with Crippen LogP contribution >= 0.6 is 15.9 Å². The van der Waals surface area contributed by atoms with Gasteiger partial charge in [0.15, 0.2) is 5.82 Å². The van der Waals surface area contributed by atoms with E-state index in [9.17, 15) is 0 Å². The number of pyridine rings is 1. The zero-order valence-electron chi connectivity index (χ0n) is 7.37. The van der Waals surface area contributed by atoms with Gasteiger partial charge in [-0.25, -0.2) is 4.98 Å². The molecule has 0 spiro atoms. The number of aliphatic hydroxyl groups excluding tert-OH is 1. The molecule has 0 saturated carbocycles. The van der Waals surface area contributed by atoms with E-state index < -0.39 is 0 Å². The zero-order valence-corrected chi connectivity index (χ0v) is 8.95. The van der Waals surface area contributed by atoms with E-state index >= 15 is 0 Å². The summed E-state index contributed by atoms with van der Waals surface area (Å²) in [4.78, 5) is 5.95. The number of aromatic nitrogens is 1. The molecule has 5 heteroatoms. The number of anilines is 2. The molecule has 1 aromatic rings. The number of halogens is 1. The highest BCUT2D eigenvalue weighted by molar-refractivity contribution is 9.10. The SMILES string of the molecule is CN(CCO)c1ncc(Br)cc1N. The van der Waals surface area contributed by atoms with Gasteiger partial charge in [-0.05, 0) is 22.0 Å². The predicted molar refractivity (Wildman–Crippen MR) is 56.7 cm³/mol. The Kier molecular flexibility index (Phi) is 3.50. The molecule has 0 aromatic carbocycles. The summed E-state index contributed by atoms with van der Waals surface area (Å²) in [5, 5.41) is 8.72. The molecule has 0 aliphatic heterocycles. The quantitative estimate of drug-likeness (QED) is 0.830. The second-order valence-electron chi connectivity index (χ2n) is 2.71. The summed E-state index contributed by atoms with van der Waals surface area (Å²) < 4.78 is 0.853. The summed E-state index contributed by atoms with van der Waals surface area (Å²) in [6.07, 6.45) is 1.68. The first-order chi connectivity index (χ1) is 6.15. The maximum atomic E-state index is 8.72. The van der Waals surface area contributed by atoms with Gasteiger partial charge in [-0.2, -0.15) is 0 Å². The molecule has 0 aliphatic carbocycles. The largest absolute Gasteiger partial charge is 0.396 e. The van der Waals surface area contributed by atoms with E-state index in [1.165, 1.54) is 0 Å². The summed E-state index contributed by atoms with van der Waals surface area (Å²) >= 11 is 3.27. The van der Waals surface area contributed by atoms with Crippen molar-refractivity contribution in [1.82, 2.24) is 4.98 Å². The van der Waals surface area contributed by atoms with E-state index in [-0.39, 0.29) is 6.61 Å². The van der Waals surface area contributed by atoms with Crippen LogP contribution < -0.4 is 10.6 Å². The fraction of sp³-hybridized carbons (Fsp3) is 0.375. The molecule has 1 heterocycles. The highest BCUT2D eigenvalue weighted by Crippen LogP contribution is 2.22. The highest BCUT2D eigenvalue weighted by atomic mass is 79.9. The van der Waals surface area contributed by atoms with E-state index in [4.69, 9.17) is 10.8 Å². The third kappa shape index (κ3) is 2.57. The Labute approximate surface area is 85.5 Å². The number of hydrogen-bond acceptors (Lipinski definition) is 4. The molecule has 0 saturated heterocycles. The zero-order chi connectivity index (χ0) is 9.84. The van der Waals surface area contributed by atoms with E-state index in [0.29, 0.717) is 18.1 Å². The van der Waals surface area contributed by atoms with Gasteiger partial charge in [-0.15, -0.1) is 0 Å². The van der Waals surface area contributed by atoms with Gasteiger partial charge in [-0.3, -0.25) is 0 Å². The summed E-state index contributed by atoms with van der Waals surface area (Å²) in [5.41, 5.74) is 6.34. The minimum Gasteiger partial charge on any atom is -0.396 e. The molecule has 4 nitrogen and oxygen atoms in total. The molecule has 0 unspecified atom stereocenters. The average molecular weight is 246 g/mol. The maximum Gasteiger partial charge on any atom is 0.151 e. The average Bonchev–Trinajstić information content (AvgIpc) is 2.04. The second kappa shape index (κ2) is 4.43. The van der Waals surface area contributed by atoms with Gasteiger partial charge in [0.2, 0.25) is 0 Å². The summed E-state index contributed by atoms with van der Waals surface area (Å²) in [7, 11) is 1.84. The molecule has 1 rings (SSSR count). The normalized spacial score (nSPS) is 10.1. The lowest BCUT2D eigenvalue weighted by atomic mass is 10.3. The molecule has 0 atom stereocenters. The number of hydrogen-bond donors (Lipinski definition) is 2. The van der Waals surface area contributed by atoms with Gasteiger partial charge in [0.05, 0.1) is 12.3 Å². The summed E-state index contributed by atoms with van der Waals surface area (Å²) in [6, 6.07) is 1.79. The number of aliphatic hydroxyl groups is 1. The first-order valence-electron chi connectivity index (χ1n) is 3.88. The third-order valence-corrected chi connectivity index (χ3v) is 2.09. The fourth-order valence-corrected chi connectivity index (χ4v) is 1.37. The first kappa shape index (κ1) is 10.3. The van der Waals surface area contributed by atoms with Crippen LogP contribution in [-0.2, 0) is 0 Å². The first-order valence-corrected chi connectivity index (χ1v) is 4.67. The Hall–Kier alpha value is -0.810. The number of nitrogen functional groups attached to an aromatic ring is 1.